The van der Waals surface area contributed by atoms with E-state index in [9.17, 15) is 9.59 Å². The van der Waals surface area contributed by atoms with Crippen LogP contribution in [0.2, 0.25) is 0 Å². The van der Waals surface area contributed by atoms with Gasteiger partial charge in [-0.15, -0.1) is 11.3 Å². The van der Waals surface area contributed by atoms with Gasteiger partial charge in [-0.3, -0.25) is 9.59 Å². The Morgan fingerprint density at radius 1 is 1.00 bits per heavy atom. The molecule has 0 radical (unpaired) electrons. The molecule has 8 heteroatoms. The Kier molecular flexibility index (Phi) is 6.70. The Labute approximate surface area is 190 Å². The van der Waals surface area contributed by atoms with Crippen LogP contribution < -0.4 is 20.1 Å². The number of nitrogens with one attached hydrogen (secondary N) is 2. The van der Waals surface area contributed by atoms with Crippen LogP contribution in [0.5, 0.6) is 11.5 Å². The molecular weight excluding hydrogens is 426 g/mol. The van der Waals surface area contributed by atoms with Crippen molar-refractivity contribution in [3.05, 3.63) is 58.5 Å². The van der Waals surface area contributed by atoms with Crippen LogP contribution in [0.25, 0.3) is 11.3 Å². The first-order valence-electron chi connectivity index (χ1n) is 10.4. The van der Waals surface area contributed by atoms with Crippen molar-refractivity contribution >= 4 is 28.3 Å². The zero-order valence-electron chi connectivity index (χ0n) is 18.1. The number of methoxy groups -OCH3 is 2. The maximum Gasteiger partial charge on any atom is 0.251 e. The molecule has 166 valence electrons. The molecule has 7 nitrogen and oxygen atoms in total. The number of carbonyl (C=O) groups excluding carboxylic acids is 2. The normalized spacial score (nSPS) is 12.6. The van der Waals surface area contributed by atoms with E-state index in [1.54, 1.807) is 18.2 Å². The van der Waals surface area contributed by atoms with E-state index < -0.39 is 0 Å². The summed E-state index contributed by atoms with van der Waals surface area (Å²) in [6, 6.07) is 11.3. The number of amides is 2. The summed E-state index contributed by atoms with van der Waals surface area (Å²) in [6.07, 6.45) is 4.73. The molecule has 2 amide bonds. The summed E-state index contributed by atoms with van der Waals surface area (Å²) in [6.45, 7) is -0.166. The fourth-order valence-corrected chi connectivity index (χ4v) is 4.50. The average Bonchev–Trinajstić information content (AvgIpc) is 3.30. The van der Waals surface area contributed by atoms with Crippen molar-refractivity contribution in [1.82, 2.24) is 10.3 Å². The maximum atomic E-state index is 12.4. The minimum absolute atomic E-state index is 0.166. The molecule has 0 aliphatic heterocycles. The Morgan fingerprint density at radius 3 is 2.56 bits per heavy atom. The van der Waals surface area contributed by atoms with Crippen LogP contribution in [-0.4, -0.2) is 37.6 Å². The standard InChI is InChI=1S/C24H25N3O4S/c1-30-20-10-9-18(12-21(20)31-2)23(29)25-13-22(28)27-24-26-19(14-32-24)17-8-7-15-5-3-4-6-16(15)11-17/h7-12,14H,3-6,13H2,1-2H3,(H,25,29)(H,26,27,28). The summed E-state index contributed by atoms with van der Waals surface area (Å²) in [5, 5.41) is 7.80. The molecular formula is C24H25N3O4S. The highest BCUT2D eigenvalue weighted by molar-refractivity contribution is 7.14. The number of carbonyl (C=O) groups is 2. The number of hydrogen-bond acceptors (Lipinski definition) is 6. The first kappa shape index (κ1) is 21.8. The molecule has 0 unspecified atom stereocenters. The summed E-state index contributed by atoms with van der Waals surface area (Å²) in [4.78, 5) is 29.2. The first-order chi connectivity index (χ1) is 15.6. The third kappa shape index (κ3) is 4.91. The van der Waals surface area contributed by atoms with Crippen LogP contribution in [0.3, 0.4) is 0 Å². The van der Waals surface area contributed by atoms with Gasteiger partial charge in [0.25, 0.3) is 5.91 Å². The molecule has 1 aliphatic rings. The van der Waals surface area contributed by atoms with Crippen LogP contribution >= 0.6 is 11.3 Å². The summed E-state index contributed by atoms with van der Waals surface area (Å²) >= 11 is 1.36. The third-order valence-electron chi connectivity index (χ3n) is 5.45. The molecule has 1 aromatic heterocycles. The number of aryl methyl sites for hydroxylation is 2. The van der Waals surface area contributed by atoms with Crippen molar-refractivity contribution in [1.29, 1.82) is 0 Å². The van der Waals surface area contributed by atoms with E-state index in [-0.39, 0.29) is 18.4 Å². The van der Waals surface area contributed by atoms with E-state index in [0.29, 0.717) is 22.2 Å². The van der Waals surface area contributed by atoms with Gasteiger partial charge in [-0.25, -0.2) is 4.98 Å². The predicted molar refractivity (Wildman–Crippen MR) is 125 cm³/mol. The van der Waals surface area contributed by atoms with Gasteiger partial charge in [0.05, 0.1) is 26.5 Å². The second kappa shape index (κ2) is 9.82. The maximum absolute atomic E-state index is 12.4. The van der Waals surface area contributed by atoms with Crippen LogP contribution in [-0.2, 0) is 17.6 Å². The second-order valence-corrected chi connectivity index (χ2v) is 8.39. The minimum atomic E-state index is -0.380. The smallest absolute Gasteiger partial charge is 0.251 e. The van der Waals surface area contributed by atoms with Crippen LogP contribution in [0, 0.1) is 0 Å². The number of ether oxygens (including phenoxy) is 2. The van der Waals surface area contributed by atoms with Crippen molar-refractivity contribution in [2.45, 2.75) is 25.7 Å². The number of benzene rings is 2. The highest BCUT2D eigenvalue weighted by atomic mass is 32.1. The molecule has 0 fully saturated rings. The lowest BCUT2D eigenvalue weighted by molar-refractivity contribution is -0.115. The van der Waals surface area contributed by atoms with Gasteiger partial charge in [0.15, 0.2) is 16.6 Å². The van der Waals surface area contributed by atoms with Gasteiger partial charge in [0.2, 0.25) is 5.91 Å². The van der Waals surface area contributed by atoms with E-state index in [1.165, 1.54) is 49.5 Å². The quantitative estimate of drug-likeness (QED) is 0.565. The average molecular weight is 452 g/mol. The number of fused-ring (bicyclic) bond motifs is 1. The van der Waals surface area contributed by atoms with E-state index >= 15 is 0 Å². The molecule has 2 aromatic carbocycles. The zero-order valence-corrected chi connectivity index (χ0v) is 18.9. The summed E-state index contributed by atoms with van der Waals surface area (Å²) in [5.41, 5.74) is 5.09. The SMILES string of the molecule is COc1ccc(C(=O)NCC(=O)Nc2nc(-c3ccc4c(c3)CCCC4)cs2)cc1OC. The van der Waals surface area contributed by atoms with Crippen molar-refractivity contribution in [2.75, 3.05) is 26.1 Å². The highest BCUT2D eigenvalue weighted by Crippen LogP contribution is 2.30. The number of thiazole rings is 1. The predicted octanol–water partition coefficient (Wildman–Crippen LogP) is 4.07. The van der Waals surface area contributed by atoms with Gasteiger partial charge in [-0.2, -0.15) is 0 Å². The molecule has 1 heterocycles. The van der Waals surface area contributed by atoms with E-state index in [4.69, 9.17) is 9.47 Å². The molecule has 0 bridgehead atoms. The first-order valence-corrected chi connectivity index (χ1v) is 11.3. The van der Waals surface area contributed by atoms with E-state index in [1.807, 2.05) is 5.38 Å². The lowest BCUT2D eigenvalue weighted by Gasteiger charge is -2.16. The van der Waals surface area contributed by atoms with Crippen LogP contribution in [0.15, 0.2) is 41.8 Å². The van der Waals surface area contributed by atoms with Gasteiger partial charge in [-0.1, -0.05) is 12.1 Å². The van der Waals surface area contributed by atoms with Gasteiger partial charge in [0, 0.05) is 16.5 Å². The van der Waals surface area contributed by atoms with Gasteiger partial charge in [0.1, 0.15) is 0 Å². The monoisotopic (exact) mass is 451 g/mol. The molecule has 2 N–H and O–H groups in total. The molecule has 3 aromatic rings. The number of hydrogen-bond donors (Lipinski definition) is 2. The summed E-state index contributed by atoms with van der Waals surface area (Å²) in [7, 11) is 3.02. The lowest BCUT2D eigenvalue weighted by Crippen LogP contribution is -2.32. The fraction of sp³-hybridized carbons (Fsp3) is 0.292. The van der Waals surface area contributed by atoms with Crippen molar-refractivity contribution in [3.63, 3.8) is 0 Å². The fourth-order valence-electron chi connectivity index (χ4n) is 3.76. The number of aromatic nitrogens is 1. The molecule has 0 saturated heterocycles. The highest BCUT2D eigenvalue weighted by Gasteiger charge is 2.14. The molecule has 4 rings (SSSR count). The molecule has 32 heavy (non-hydrogen) atoms. The zero-order chi connectivity index (χ0) is 22.5. The minimum Gasteiger partial charge on any atom is -0.493 e. The second-order valence-electron chi connectivity index (χ2n) is 7.53. The molecule has 1 aliphatic carbocycles. The lowest BCUT2D eigenvalue weighted by atomic mass is 9.90. The van der Waals surface area contributed by atoms with Crippen molar-refractivity contribution in [3.8, 4) is 22.8 Å². The van der Waals surface area contributed by atoms with Gasteiger partial charge < -0.3 is 20.1 Å². The number of anilines is 1. The Hall–Kier alpha value is -3.39. The Bertz CT molecular complexity index is 1140. The molecule has 0 atom stereocenters. The van der Waals surface area contributed by atoms with E-state index in [2.05, 4.69) is 33.8 Å². The Balaban J connectivity index is 1.34. The van der Waals surface area contributed by atoms with Crippen LogP contribution in [0.4, 0.5) is 5.13 Å². The summed E-state index contributed by atoms with van der Waals surface area (Å²) < 4.78 is 10.4. The van der Waals surface area contributed by atoms with Crippen molar-refractivity contribution in [2.24, 2.45) is 0 Å². The van der Waals surface area contributed by atoms with Gasteiger partial charge >= 0.3 is 0 Å². The molecule has 0 spiro atoms. The Morgan fingerprint density at radius 2 is 1.78 bits per heavy atom. The van der Waals surface area contributed by atoms with Gasteiger partial charge in [-0.05, 0) is 61.1 Å². The summed E-state index contributed by atoms with van der Waals surface area (Å²) in [5.74, 6) is 0.252. The molecule has 0 saturated carbocycles. The number of rotatable bonds is 7. The largest absolute Gasteiger partial charge is 0.493 e. The topological polar surface area (TPSA) is 89.5 Å². The third-order valence-corrected chi connectivity index (χ3v) is 6.21. The number of nitrogens with zero attached hydrogens (tertiary/aromatic N) is 1. The van der Waals surface area contributed by atoms with E-state index in [0.717, 1.165) is 24.1 Å². The van der Waals surface area contributed by atoms with Crippen molar-refractivity contribution < 1.29 is 19.1 Å². The van der Waals surface area contributed by atoms with Crippen LogP contribution in [0.1, 0.15) is 34.3 Å².